The predicted octanol–water partition coefficient (Wildman–Crippen LogP) is 2.86. The van der Waals surface area contributed by atoms with Crippen molar-refractivity contribution in [3.05, 3.63) is 41.5 Å². The summed E-state index contributed by atoms with van der Waals surface area (Å²) < 4.78 is 11.1. The minimum atomic E-state index is -0.0807. The van der Waals surface area contributed by atoms with E-state index < -0.39 is 0 Å². The summed E-state index contributed by atoms with van der Waals surface area (Å²) in [5.74, 6) is 2.12. The Balaban J connectivity index is 1.64. The van der Waals surface area contributed by atoms with Gasteiger partial charge >= 0.3 is 0 Å². The van der Waals surface area contributed by atoms with Gasteiger partial charge in [0.1, 0.15) is 12.4 Å². The Morgan fingerprint density at radius 1 is 1.33 bits per heavy atom. The van der Waals surface area contributed by atoms with Gasteiger partial charge in [-0.3, -0.25) is 0 Å². The first-order chi connectivity index (χ1) is 10.1. The van der Waals surface area contributed by atoms with Gasteiger partial charge in [0.25, 0.3) is 0 Å². The number of aromatic nitrogens is 2. The monoisotopic (exact) mass is 281 g/mol. The van der Waals surface area contributed by atoms with E-state index in [1.165, 1.54) is 0 Å². The third-order valence-corrected chi connectivity index (χ3v) is 4.70. The van der Waals surface area contributed by atoms with Gasteiger partial charge < -0.3 is 9.26 Å². The van der Waals surface area contributed by atoms with Crippen LogP contribution in [0.1, 0.15) is 43.0 Å². The van der Waals surface area contributed by atoms with Crippen LogP contribution in [0.2, 0.25) is 0 Å². The fourth-order valence-corrected chi connectivity index (χ4v) is 3.23. The molecule has 1 aromatic carbocycles. The lowest BCUT2D eigenvalue weighted by Crippen LogP contribution is -2.04. The smallest absolute Gasteiger partial charge is 0.231 e. The quantitative estimate of drug-likeness (QED) is 0.846. The topological polar surface area (TPSA) is 71.9 Å². The van der Waals surface area contributed by atoms with Gasteiger partial charge in [-0.2, -0.15) is 10.2 Å². The second kappa shape index (κ2) is 4.08. The second-order valence-electron chi connectivity index (χ2n) is 6.30. The average Bonchev–Trinajstić information content (AvgIpc) is 2.90. The normalized spacial score (nSPS) is 28.5. The van der Waals surface area contributed by atoms with E-state index in [1.54, 1.807) is 0 Å². The van der Waals surface area contributed by atoms with Crippen molar-refractivity contribution in [3.63, 3.8) is 0 Å². The molecule has 1 aromatic heterocycles. The maximum atomic E-state index is 9.16. The molecule has 0 spiro atoms. The standard InChI is InChI=1S/C16H15N3O2/c1-16(2)11(7-17)13(16)15-18-14(19-21-15)10-8-20-12-6-4-3-5-9(10)12/h3-6,10-11,13H,8H2,1-2H3. The zero-order valence-electron chi connectivity index (χ0n) is 11.9. The zero-order valence-corrected chi connectivity index (χ0v) is 11.9. The number of nitriles is 1. The molecule has 0 saturated heterocycles. The molecule has 1 saturated carbocycles. The predicted molar refractivity (Wildman–Crippen MR) is 73.7 cm³/mol. The number of fused-ring (bicyclic) bond motifs is 1. The van der Waals surface area contributed by atoms with Crippen LogP contribution >= 0.6 is 0 Å². The molecule has 2 heterocycles. The highest BCUT2D eigenvalue weighted by Crippen LogP contribution is 2.63. The van der Waals surface area contributed by atoms with Crippen LogP contribution in [0.15, 0.2) is 28.8 Å². The summed E-state index contributed by atoms with van der Waals surface area (Å²) in [5.41, 5.74) is 1.01. The summed E-state index contributed by atoms with van der Waals surface area (Å²) in [6.07, 6.45) is 0. The van der Waals surface area contributed by atoms with Crippen molar-refractivity contribution in [2.24, 2.45) is 11.3 Å². The molecule has 1 aliphatic heterocycles. The van der Waals surface area contributed by atoms with Gasteiger partial charge in [-0.15, -0.1) is 0 Å². The maximum absolute atomic E-state index is 9.16. The maximum Gasteiger partial charge on any atom is 0.231 e. The molecule has 0 N–H and O–H groups in total. The van der Waals surface area contributed by atoms with Crippen LogP contribution in [0.4, 0.5) is 0 Å². The Morgan fingerprint density at radius 2 is 2.14 bits per heavy atom. The first kappa shape index (κ1) is 12.4. The van der Waals surface area contributed by atoms with Gasteiger partial charge in [0.2, 0.25) is 5.89 Å². The lowest BCUT2D eigenvalue weighted by Gasteiger charge is -2.01. The van der Waals surface area contributed by atoms with Crippen molar-refractivity contribution >= 4 is 0 Å². The van der Waals surface area contributed by atoms with Gasteiger partial charge in [-0.25, -0.2) is 0 Å². The van der Waals surface area contributed by atoms with Crippen LogP contribution in [-0.4, -0.2) is 16.7 Å². The second-order valence-corrected chi connectivity index (χ2v) is 6.30. The van der Waals surface area contributed by atoms with Crippen LogP contribution in [-0.2, 0) is 0 Å². The highest BCUT2D eigenvalue weighted by Gasteiger charge is 2.62. The number of ether oxygens (including phenoxy) is 1. The highest BCUT2D eigenvalue weighted by atomic mass is 16.5. The van der Waals surface area contributed by atoms with Gasteiger partial charge in [0.15, 0.2) is 5.82 Å². The van der Waals surface area contributed by atoms with Crippen molar-refractivity contribution in [1.29, 1.82) is 5.26 Å². The van der Waals surface area contributed by atoms with E-state index in [0.717, 1.165) is 11.3 Å². The van der Waals surface area contributed by atoms with Crippen molar-refractivity contribution in [2.75, 3.05) is 6.61 Å². The Labute approximate surface area is 122 Å². The molecule has 3 atom stereocenters. The molecule has 5 nitrogen and oxygen atoms in total. The number of hydrogen-bond acceptors (Lipinski definition) is 5. The number of nitrogens with zero attached hydrogens (tertiary/aromatic N) is 3. The van der Waals surface area contributed by atoms with E-state index in [-0.39, 0.29) is 23.2 Å². The molecule has 21 heavy (non-hydrogen) atoms. The van der Waals surface area contributed by atoms with E-state index in [0.29, 0.717) is 18.3 Å². The van der Waals surface area contributed by atoms with Crippen LogP contribution in [0.5, 0.6) is 5.75 Å². The fraction of sp³-hybridized carbons (Fsp3) is 0.438. The van der Waals surface area contributed by atoms with E-state index in [9.17, 15) is 0 Å². The average molecular weight is 281 g/mol. The highest BCUT2D eigenvalue weighted by molar-refractivity contribution is 5.42. The SMILES string of the molecule is CC1(C)C(C#N)C1c1nc(C2COc3ccccc32)no1. The van der Waals surface area contributed by atoms with Gasteiger partial charge in [0.05, 0.1) is 23.8 Å². The molecule has 0 radical (unpaired) electrons. The van der Waals surface area contributed by atoms with E-state index in [4.69, 9.17) is 14.5 Å². The van der Waals surface area contributed by atoms with Gasteiger partial charge in [0, 0.05) is 5.56 Å². The molecule has 0 bridgehead atoms. The minimum Gasteiger partial charge on any atom is -0.492 e. The summed E-state index contributed by atoms with van der Waals surface area (Å²) in [4.78, 5) is 4.54. The third-order valence-electron chi connectivity index (χ3n) is 4.70. The largest absolute Gasteiger partial charge is 0.492 e. The number of rotatable bonds is 2. The van der Waals surface area contributed by atoms with Gasteiger partial charge in [-0.05, 0) is 11.5 Å². The van der Waals surface area contributed by atoms with Crippen LogP contribution < -0.4 is 4.74 Å². The van der Waals surface area contributed by atoms with E-state index in [1.807, 2.05) is 24.3 Å². The molecule has 1 fully saturated rings. The minimum absolute atomic E-state index is 0.0149. The summed E-state index contributed by atoms with van der Waals surface area (Å²) in [6, 6.07) is 10.2. The lowest BCUT2D eigenvalue weighted by molar-refractivity contribution is 0.330. The Hall–Kier alpha value is -2.35. The molecular weight excluding hydrogens is 266 g/mol. The first-order valence-corrected chi connectivity index (χ1v) is 7.07. The molecule has 0 amide bonds. The summed E-state index contributed by atoms with van der Waals surface area (Å²) >= 11 is 0. The third kappa shape index (κ3) is 1.69. The lowest BCUT2D eigenvalue weighted by atomic mass is 10.0. The number of para-hydroxylation sites is 1. The Kier molecular flexibility index (Phi) is 2.41. The number of benzene rings is 1. The van der Waals surface area contributed by atoms with Crippen LogP contribution in [0.3, 0.4) is 0 Å². The molecule has 2 aliphatic rings. The molecule has 5 heteroatoms. The van der Waals surface area contributed by atoms with Crippen LogP contribution in [0.25, 0.3) is 0 Å². The molecule has 2 aromatic rings. The first-order valence-electron chi connectivity index (χ1n) is 7.07. The van der Waals surface area contributed by atoms with Crippen LogP contribution in [0, 0.1) is 22.7 Å². The summed E-state index contributed by atoms with van der Waals surface area (Å²) in [5, 5.41) is 13.3. The molecule has 4 rings (SSSR count). The van der Waals surface area contributed by atoms with Crippen molar-refractivity contribution in [3.8, 4) is 11.8 Å². The summed E-state index contributed by atoms with van der Waals surface area (Å²) in [7, 11) is 0. The fourth-order valence-electron chi connectivity index (χ4n) is 3.23. The Bertz CT molecular complexity index is 744. The van der Waals surface area contributed by atoms with Gasteiger partial charge in [-0.1, -0.05) is 37.2 Å². The molecule has 1 aliphatic carbocycles. The van der Waals surface area contributed by atoms with Crippen molar-refractivity contribution < 1.29 is 9.26 Å². The molecule has 3 unspecified atom stereocenters. The molecular formula is C16H15N3O2. The van der Waals surface area contributed by atoms with E-state index >= 15 is 0 Å². The Morgan fingerprint density at radius 3 is 2.90 bits per heavy atom. The van der Waals surface area contributed by atoms with E-state index in [2.05, 4.69) is 30.1 Å². The van der Waals surface area contributed by atoms with Crippen molar-refractivity contribution in [2.45, 2.75) is 25.7 Å². The number of hydrogen-bond donors (Lipinski definition) is 0. The van der Waals surface area contributed by atoms with Crippen molar-refractivity contribution in [1.82, 2.24) is 10.1 Å². The molecule has 106 valence electrons. The zero-order chi connectivity index (χ0) is 14.6. The summed E-state index contributed by atoms with van der Waals surface area (Å²) in [6.45, 7) is 4.65.